The molecule has 1 N–H and O–H groups in total. The van der Waals surface area contributed by atoms with Crippen LogP contribution in [0.25, 0.3) is 0 Å². The minimum atomic E-state index is 0.153. The summed E-state index contributed by atoms with van der Waals surface area (Å²) in [7, 11) is 0. The molecule has 2 heterocycles. The summed E-state index contributed by atoms with van der Waals surface area (Å²) in [5, 5.41) is 5.12. The number of carbonyl (C=O) groups is 1. The van der Waals surface area contributed by atoms with Crippen LogP contribution in [0.15, 0.2) is 47.8 Å². The van der Waals surface area contributed by atoms with Gasteiger partial charge in [0, 0.05) is 49.0 Å². The van der Waals surface area contributed by atoms with Gasteiger partial charge in [-0.1, -0.05) is 24.3 Å². The lowest BCUT2D eigenvalue weighted by Crippen LogP contribution is -2.47. The van der Waals surface area contributed by atoms with E-state index in [2.05, 4.69) is 63.0 Å². The van der Waals surface area contributed by atoms with Crippen LogP contribution in [0.5, 0.6) is 0 Å². The Kier molecular flexibility index (Phi) is 7.86. The number of anilines is 1. The van der Waals surface area contributed by atoms with Crippen molar-refractivity contribution in [1.82, 2.24) is 10.2 Å². The molecule has 1 aliphatic rings. The zero-order chi connectivity index (χ0) is 18.0. The maximum atomic E-state index is 11.9. The fourth-order valence-corrected chi connectivity index (χ4v) is 4.79. The number of hydrogen-bond acceptors (Lipinski definition) is 5. The molecule has 0 aliphatic carbocycles. The monoisotopic (exact) mass is 389 g/mol. The van der Waals surface area contributed by atoms with Gasteiger partial charge in [0.05, 0.1) is 5.75 Å². The maximum Gasteiger partial charge on any atom is 0.230 e. The van der Waals surface area contributed by atoms with Gasteiger partial charge in [-0.2, -0.15) is 0 Å². The average molecular weight is 390 g/mol. The lowest BCUT2D eigenvalue weighted by atomic mass is 10.2. The number of para-hydroxylation sites is 1. The van der Waals surface area contributed by atoms with Crippen molar-refractivity contribution < 1.29 is 4.79 Å². The number of thioether (sulfide) groups is 1. The topological polar surface area (TPSA) is 35.6 Å². The number of nitrogens with one attached hydrogen (secondary N) is 1. The van der Waals surface area contributed by atoms with Crippen LogP contribution < -0.4 is 10.2 Å². The van der Waals surface area contributed by atoms with Gasteiger partial charge in [0.15, 0.2) is 0 Å². The van der Waals surface area contributed by atoms with Crippen LogP contribution in [0.4, 0.5) is 5.69 Å². The van der Waals surface area contributed by atoms with Crippen molar-refractivity contribution >= 4 is 34.7 Å². The normalized spacial score (nSPS) is 15.2. The van der Waals surface area contributed by atoms with E-state index in [1.807, 2.05) is 0 Å². The van der Waals surface area contributed by atoms with E-state index in [1.165, 1.54) is 10.6 Å². The maximum absolute atomic E-state index is 11.9. The summed E-state index contributed by atoms with van der Waals surface area (Å²) in [6.45, 7) is 6.19. The third kappa shape index (κ3) is 6.34. The molecule has 2 aromatic rings. The largest absolute Gasteiger partial charge is 0.369 e. The minimum absolute atomic E-state index is 0.153. The van der Waals surface area contributed by atoms with Crippen LogP contribution in [-0.4, -0.2) is 55.8 Å². The van der Waals surface area contributed by atoms with Crippen molar-refractivity contribution in [1.29, 1.82) is 0 Å². The molecule has 26 heavy (non-hydrogen) atoms. The molecule has 0 unspecified atom stereocenters. The Bertz CT molecular complexity index is 640. The first-order valence-corrected chi connectivity index (χ1v) is 11.2. The van der Waals surface area contributed by atoms with E-state index >= 15 is 0 Å². The second kappa shape index (κ2) is 10.6. The molecular formula is C20H27N3OS2. The van der Waals surface area contributed by atoms with Gasteiger partial charge in [0.1, 0.15) is 0 Å². The Morgan fingerprint density at radius 3 is 2.62 bits per heavy atom. The highest BCUT2D eigenvalue weighted by Gasteiger charge is 2.16. The second-order valence-electron chi connectivity index (χ2n) is 6.44. The molecule has 3 rings (SSSR count). The lowest BCUT2D eigenvalue weighted by molar-refractivity contribution is -0.118. The van der Waals surface area contributed by atoms with Gasteiger partial charge in [-0.05, 0) is 36.5 Å². The van der Waals surface area contributed by atoms with Crippen molar-refractivity contribution in [2.24, 2.45) is 0 Å². The van der Waals surface area contributed by atoms with Crippen LogP contribution in [0.3, 0.4) is 0 Å². The van der Waals surface area contributed by atoms with Crippen molar-refractivity contribution in [2.75, 3.05) is 49.9 Å². The number of hydrogen-bond donors (Lipinski definition) is 1. The molecule has 140 valence electrons. The average Bonchev–Trinajstić information content (AvgIpc) is 3.20. The van der Waals surface area contributed by atoms with Gasteiger partial charge in [0.25, 0.3) is 0 Å². The van der Waals surface area contributed by atoms with E-state index in [1.54, 1.807) is 23.1 Å². The van der Waals surface area contributed by atoms with E-state index in [-0.39, 0.29) is 5.91 Å². The van der Waals surface area contributed by atoms with E-state index < -0.39 is 0 Å². The highest BCUT2D eigenvalue weighted by Crippen LogP contribution is 2.17. The zero-order valence-corrected chi connectivity index (χ0v) is 16.7. The quantitative estimate of drug-likeness (QED) is 0.668. The molecule has 1 aromatic heterocycles. The van der Waals surface area contributed by atoms with Crippen LogP contribution >= 0.6 is 23.1 Å². The highest BCUT2D eigenvalue weighted by molar-refractivity contribution is 7.99. The molecule has 6 heteroatoms. The van der Waals surface area contributed by atoms with Gasteiger partial charge in [-0.3, -0.25) is 9.69 Å². The highest BCUT2D eigenvalue weighted by atomic mass is 32.2. The molecule has 1 fully saturated rings. The lowest BCUT2D eigenvalue weighted by Gasteiger charge is -2.36. The fraction of sp³-hybridized carbons (Fsp3) is 0.450. The van der Waals surface area contributed by atoms with E-state index in [0.29, 0.717) is 5.75 Å². The van der Waals surface area contributed by atoms with Gasteiger partial charge < -0.3 is 10.2 Å². The van der Waals surface area contributed by atoms with Crippen LogP contribution in [0.1, 0.15) is 11.3 Å². The van der Waals surface area contributed by atoms with E-state index in [0.717, 1.165) is 51.4 Å². The molecule has 1 amide bonds. The van der Waals surface area contributed by atoms with Crippen molar-refractivity contribution in [3.8, 4) is 0 Å². The van der Waals surface area contributed by atoms with Crippen molar-refractivity contribution in [3.05, 3.63) is 52.7 Å². The van der Waals surface area contributed by atoms with Crippen LogP contribution in [0, 0.1) is 0 Å². The first-order valence-electron chi connectivity index (χ1n) is 9.20. The number of thiophene rings is 1. The molecule has 0 radical (unpaired) electrons. The van der Waals surface area contributed by atoms with Crippen LogP contribution in [0.2, 0.25) is 0 Å². The molecule has 4 nitrogen and oxygen atoms in total. The smallest absolute Gasteiger partial charge is 0.230 e. The number of amides is 1. The Morgan fingerprint density at radius 2 is 1.88 bits per heavy atom. The molecule has 1 aliphatic heterocycles. The number of piperazine rings is 1. The number of nitrogens with zero attached hydrogens (tertiary/aromatic N) is 2. The third-order valence-corrected chi connectivity index (χ3v) is 6.57. The van der Waals surface area contributed by atoms with Crippen molar-refractivity contribution in [2.45, 2.75) is 12.2 Å². The standard InChI is InChI=1S/C20H27N3OS2/c24-20(17-25-16-19-8-4-15-26-19)21-9-5-10-22-11-13-23(14-12-22)18-6-2-1-3-7-18/h1-4,6-8,15H,5,9-14,16-17H2,(H,21,24). The summed E-state index contributed by atoms with van der Waals surface area (Å²) in [4.78, 5) is 18.1. The predicted molar refractivity (Wildman–Crippen MR) is 113 cm³/mol. The molecule has 0 atom stereocenters. The minimum Gasteiger partial charge on any atom is -0.369 e. The number of rotatable bonds is 9. The van der Waals surface area contributed by atoms with Gasteiger partial charge in [0.2, 0.25) is 5.91 Å². The Morgan fingerprint density at radius 1 is 1.08 bits per heavy atom. The molecule has 0 spiro atoms. The Balaban J connectivity index is 1.22. The summed E-state index contributed by atoms with van der Waals surface area (Å²) in [6, 6.07) is 14.8. The van der Waals surface area contributed by atoms with E-state index in [4.69, 9.17) is 0 Å². The summed E-state index contributed by atoms with van der Waals surface area (Å²) >= 11 is 3.43. The van der Waals surface area contributed by atoms with Gasteiger partial charge >= 0.3 is 0 Å². The summed E-state index contributed by atoms with van der Waals surface area (Å²) < 4.78 is 0. The summed E-state index contributed by atoms with van der Waals surface area (Å²) in [6.07, 6.45) is 1.02. The zero-order valence-electron chi connectivity index (χ0n) is 15.1. The first kappa shape index (κ1) is 19.3. The molecule has 0 bridgehead atoms. The molecular weight excluding hydrogens is 362 g/mol. The third-order valence-electron chi connectivity index (χ3n) is 4.52. The SMILES string of the molecule is O=C(CSCc1cccs1)NCCCN1CCN(c2ccccc2)CC1. The van der Waals surface area contributed by atoms with Crippen molar-refractivity contribution in [3.63, 3.8) is 0 Å². The summed E-state index contributed by atoms with van der Waals surface area (Å²) in [5.41, 5.74) is 1.32. The summed E-state index contributed by atoms with van der Waals surface area (Å²) in [5.74, 6) is 1.63. The Hall–Kier alpha value is -1.50. The number of carbonyl (C=O) groups excluding carboxylic acids is 1. The van der Waals surface area contributed by atoms with Crippen LogP contribution in [-0.2, 0) is 10.5 Å². The molecule has 0 saturated carbocycles. The van der Waals surface area contributed by atoms with E-state index in [9.17, 15) is 4.79 Å². The molecule has 1 saturated heterocycles. The van der Waals surface area contributed by atoms with Gasteiger partial charge in [-0.15, -0.1) is 23.1 Å². The number of benzene rings is 1. The Labute approximate surface area is 164 Å². The molecule has 1 aromatic carbocycles. The second-order valence-corrected chi connectivity index (χ2v) is 8.46. The first-order chi connectivity index (χ1) is 12.8. The predicted octanol–water partition coefficient (Wildman–Crippen LogP) is 3.31. The fourth-order valence-electron chi connectivity index (χ4n) is 3.09. The van der Waals surface area contributed by atoms with Gasteiger partial charge in [-0.25, -0.2) is 0 Å².